The van der Waals surface area contributed by atoms with Gasteiger partial charge in [0.15, 0.2) is 0 Å². The molecule has 0 saturated heterocycles. The number of amides is 1. The van der Waals surface area contributed by atoms with Gasteiger partial charge in [-0.05, 0) is 30.9 Å². The Bertz CT molecular complexity index is 898. The van der Waals surface area contributed by atoms with Crippen LogP contribution in [0.3, 0.4) is 0 Å². The maximum atomic E-state index is 12.5. The van der Waals surface area contributed by atoms with Crippen molar-refractivity contribution in [2.45, 2.75) is 44.9 Å². The fraction of sp³-hybridized carbons (Fsp3) is 0.381. The van der Waals surface area contributed by atoms with Crippen molar-refractivity contribution in [2.75, 3.05) is 11.9 Å². The Morgan fingerprint density at radius 3 is 2.67 bits per heavy atom. The average molecular weight is 382 g/mol. The fourth-order valence-electron chi connectivity index (χ4n) is 3.51. The van der Waals surface area contributed by atoms with Crippen LogP contribution in [0.5, 0.6) is 0 Å². The van der Waals surface area contributed by atoms with Gasteiger partial charge in [-0.25, -0.2) is 4.79 Å². The van der Waals surface area contributed by atoms with Gasteiger partial charge < -0.3 is 10.1 Å². The zero-order chi connectivity index (χ0) is 19.4. The van der Waals surface area contributed by atoms with Crippen LogP contribution in [0.2, 0.25) is 0 Å². The summed E-state index contributed by atoms with van der Waals surface area (Å²) in [5, 5.41) is 13.3. The van der Waals surface area contributed by atoms with Gasteiger partial charge in [-0.3, -0.25) is 4.79 Å². The van der Waals surface area contributed by atoms with Crippen LogP contribution in [-0.4, -0.2) is 18.5 Å². The standard InChI is InChI=1S/C21H22N2O3S/c1-3-17(24)23-19-18(20(25)26-4-2)15-10-11-21(13-22,12-16(15)27-19)14-8-6-5-7-9-14/h5-9H,3-4,10-12H2,1-2H3,(H,23,24). The predicted molar refractivity (Wildman–Crippen MR) is 105 cm³/mol. The van der Waals surface area contributed by atoms with E-state index in [1.807, 2.05) is 30.3 Å². The first-order valence-corrected chi connectivity index (χ1v) is 9.94. The third kappa shape index (κ3) is 3.60. The number of benzene rings is 1. The van der Waals surface area contributed by atoms with Crippen molar-refractivity contribution in [3.05, 3.63) is 51.9 Å². The summed E-state index contributed by atoms with van der Waals surface area (Å²) >= 11 is 1.39. The molecule has 1 aromatic carbocycles. The Morgan fingerprint density at radius 1 is 1.30 bits per heavy atom. The number of anilines is 1. The number of nitrogens with one attached hydrogen (secondary N) is 1. The first kappa shape index (κ1) is 19.1. The fourth-order valence-corrected chi connectivity index (χ4v) is 4.87. The molecule has 0 aliphatic heterocycles. The third-order valence-electron chi connectivity index (χ3n) is 4.95. The Labute approximate surface area is 163 Å². The molecule has 6 heteroatoms. The first-order chi connectivity index (χ1) is 13.0. The molecule has 1 aromatic heterocycles. The Hall–Kier alpha value is -2.65. The van der Waals surface area contributed by atoms with E-state index in [0.29, 0.717) is 36.2 Å². The summed E-state index contributed by atoms with van der Waals surface area (Å²) in [6.45, 7) is 3.80. The van der Waals surface area contributed by atoms with E-state index >= 15 is 0 Å². The summed E-state index contributed by atoms with van der Waals surface area (Å²) < 4.78 is 5.22. The average Bonchev–Trinajstić information content (AvgIpc) is 3.05. The number of carbonyl (C=O) groups excluding carboxylic acids is 2. The van der Waals surface area contributed by atoms with Crippen molar-refractivity contribution in [1.29, 1.82) is 5.26 Å². The van der Waals surface area contributed by atoms with E-state index in [4.69, 9.17) is 4.74 Å². The van der Waals surface area contributed by atoms with Gasteiger partial charge in [0, 0.05) is 17.7 Å². The molecule has 0 saturated carbocycles. The number of esters is 1. The smallest absolute Gasteiger partial charge is 0.341 e. The minimum Gasteiger partial charge on any atom is -0.462 e. The molecule has 1 amide bonds. The number of carbonyl (C=O) groups is 2. The summed E-state index contributed by atoms with van der Waals surface area (Å²) in [6.07, 6.45) is 2.09. The minimum absolute atomic E-state index is 0.145. The number of hydrogen-bond donors (Lipinski definition) is 1. The van der Waals surface area contributed by atoms with Gasteiger partial charge in [-0.2, -0.15) is 5.26 Å². The van der Waals surface area contributed by atoms with Crippen LogP contribution in [0, 0.1) is 11.3 Å². The third-order valence-corrected chi connectivity index (χ3v) is 6.10. The van der Waals surface area contributed by atoms with Crippen molar-refractivity contribution in [2.24, 2.45) is 0 Å². The normalized spacial score (nSPS) is 18.3. The highest BCUT2D eigenvalue weighted by Crippen LogP contribution is 2.45. The highest BCUT2D eigenvalue weighted by Gasteiger charge is 2.40. The zero-order valence-corrected chi connectivity index (χ0v) is 16.3. The maximum absolute atomic E-state index is 12.5. The van der Waals surface area contributed by atoms with Gasteiger partial charge in [0.2, 0.25) is 5.91 Å². The van der Waals surface area contributed by atoms with Gasteiger partial charge in [-0.1, -0.05) is 37.3 Å². The summed E-state index contributed by atoms with van der Waals surface area (Å²) in [6, 6.07) is 12.3. The number of nitriles is 1. The molecule has 1 heterocycles. The molecule has 1 atom stereocenters. The molecule has 0 radical (unpaired) electrons. The van der Waals surface area contributed by atoms with Gasteiger partial charge in [0.05, 0.1) is 23.7 Å². The second-order valence-corrected chi connectivity index (χ2v) is 7.67. The van der Waals surface area contributed by atoms with Crippen LogP contribution in [0.15, 0.2) is 30.3 Å². The highest BCUT2D eigenvalue weighted by molar-refractivity contribution is 7.17. The van der Waals surface area contributed by atoms with Gasteiger partial charge >= 0.3 is 5.97 Å². The molecule has 27 heavy (non-hydrogen) atoms. The molecule has 0 bridgehead atoms. The van der Waals surface area contributed by atoms with Crippen LogP contribution in [-0.2, 0) is 27.8 Å². The van der Waals surface area contributed by atoms with E-state index in [1.165, 1.54) is 11.3 Å². The highest BCUT2D eigenvalue weighted by atomic mass is 32.1. The first-order valence-electron chi connectivity index (χ1n) is 9.13. The van der Waals surface area contributed by atoms with E-state index in [9.17, 15) is 14.9 Å². The molecule has 5 nitrogen and oxygen atoms in total. The molecule has 1 unspecified atom stereocenters. The SMILES string of the molecule is CCOC(=O)c1c(NC(=O)CC)sc2c1CCC(C#N)(c1ccccc1)C2. The topological polar surface area (TPSA) is 79.2 Å². The number of fused-ring (bicyclic) bond motifs is 1. The number of hydrogen-bond acceptors (Lipinski definition) is 5. The van der Waals surface area contributed by atoms with Crippen molar-refractivity contribution < 1.29 is 14.3 Å². The number of thiophene rings is 1. The maximum Gasteiger partial charge on any atom is 0.341 e. The lowest BCUT2D eigenvalue weighted by atomic mass is 9.70. The Balaban J connectivity index is 2.04. The van der Waals surface area contributed by atoms with Crippen molar-refractivity contribution in [3.63, 3.8) is 0 Å². The lowest BCUT2D eigenvalue weighted by molar-refractivity contribution is -0.115. The number of ether oxygens (including phenoxy) is 1. The van der Waals surface area contributed by atoms with Gasteiger partial charge in [0.1, 0.15) is 5.00 Å². The largest absolute Gasteiger partial charge is 0.462 e. The molecule has 3 rings (SSSR count). The summed E-state index contributed by atoms with van der Waals surface area (Å²) in [5.41, 5.74) is 1.74. The Morgan fingerprint density at radius 2 is 2.04 bits per heavy atom. The minimum atomic E-state index is -0.614. The molecule has 2 aromatic rings. The Kier molecular flexibility index (Phi) is 5.62. The van der Waals surface area contributed by atoms with Crippen LogP contribution >= 0.6 is 11.3 Å². The van der Waals surface area contributed by atoms with Crippen molar-refractivity contribution >= 4 is 28.2 Å². The van der Waals surface area contributed by atoms with Crippen LogP contribution in [0.1, 0.15) is 53.1 Å². The van der Waals surface area contributed by atoms with Crippen LogP contribution in [0.4, 0.5) is 5.00 Å². The monoisotopic (exact) mass is 382 g/mol. The van der Waals surface area contributed by atoms with E-state index in [0.717, 1.165) is 16.0 Å². The summed E-state index contributed by atoms with van der Waals surface area (Å²) in [7, 11) is 0. The molecule has 1 aliphatic rings. The van der Waals surface area contributed by atoms with E-state index in [2.05, 4.69) is 11.4 Å². The molecule has 0 spiro atoms. The molecule has 1 N–H and O–H groups in total. The van der Waals surface area contributed by atoms with E-state index < -0.39 is 11.4 Å². The van der Waals surface area contributed by atoms with Crippen molar-refractivity contribution in [1.82, 2.24) is 0 Å². The molecule has 140 valence electrons. The quantitative estimate of drug-likeness (QED) is 0.785. The molecular formula is C21H22N2O3S. The van der Waals surface area contributed by atoms with E-state index in [1.54, 1.807) is 13.8 Å². The lowest BCUT2D eigenvalue weighted by Crippen LogP contribution is -2.31. The lowest BCUT2D eigenvalue weighted by Gasteiger charge is -2.31. The second kappa shape index (κ2) is 7.93. The van der Waals surface area contributed by atoms with Crippen LogP contribution < -0.4 is 5.32 Å². The van der Waals surface area contributed by atoms with Gasteiger partial charge in [0.25, 0.3) is 0 Å². The molecular weight excluding hydrogens is 360 g/mol. The van der Waals surface area contributed by atoms with E-state index in [-0.39, 0.29) is 12.5 Å². The number of rotatable bonds is 5. The predicted octanol–water partition coefficient (Wildman–Crippen LogP) is 4.22. The van der Waals surface area contributed by atoms with Crippen LogP contribution in [0.25, 0.3) is 0 Å². The summed E-state index contributed by atoms with van der Waals surface area (Å²) in [4.78, 5) is 25.4. The second-order valence-electron chi connectivity index (χ2n) is 6.57. The molecule has 1 aliphatic carbocycles. The van der Waals surface area contributed by atoms with Gasteiger partial charge in [-0.15, -0.1) is 11.3 Å². The van der Waals surface area contributed by atoms with Crippen molar-refractivity contribution in [3.8, 4) is 6.07 Å². The summed E-state index contributed by atoms with van der Waals surface area (Å²) in [5.74, 6) is -0.556. The molecule has 0 fully saturated rings. The number of nitrogens with zero attached hydrogens (tertiary/aromatic N) is 1. The zero-order valence-electron chi connectivity index (χ0n) is 15.5.